The zero-order valence-electron chi connectivity index (χ0n) is 17.5. The maximum absolute atomic E-state index is 10.6. The van der Waals surface area contributed by atoms with Gasteiger partial charge in [-0.1, -0.05) is 26.8 Å². The molecule has 1 aromatic heterocycles. The summed E-state index contributed by atoms with van der Waals surface area (Å²) in [5, 5.41) is 17.6. The number of nitrogens with zero attached hydrogens (tertiary/aromatic N) is 1. The summed E-state index contributed by atoms with van der Waals surface area (Å²) < 4.78 is 0. The highest BCUT2D eigenvalue weighted by Crippen LogP contribution is 2.67. The predicted octanol–water partition coefficient (Wildman–Crippen LogP) is 4.57. The fourth-order valence-electron chi connectivity index (χ4n) is 8.02. The van der Waals surface area contributed by atoms with Crippen molar-refractivity contribution in [2.24, 2.45) is 34.5 Å². The van der Waals surface area contributed by atoms with Crippen molar-refractivity contribution in [3.05, 3.63) is 29.6 Å². The Hall–Kier alpha value is -0.930. The van der Waals surface area contributed by atoms with Gasteiger partial charge in [0, 0.05) is 19.0 Å². The van der Waals surface area contributed by atoms with Gasteiger partial charge in [0.2, 0.25) is 0 Å². The Morgan fingerprint density at radius 3 is 2.59 bits per heavy atom. The summed E-state index contributed by atoms with van der Waals surface area (Å²) in [7, 11) is 1.00. The Bertz CT molecular complexity index is 691. The molecule has 1 aromatic rings. The number of pyridine rings is 1. The summed E-state index contributed by atoms with van der Waals surface area (Å²) in [5.41, 5.74) is 3.49. The van der Waals surface area contributed by atoms with Crippen molar-refractivity contribution in [3.63, 3.8) is 0 Å². The second-order valence-electron chi connectivity index (χ2n) is 10.1. The molecule has 4 aliphatic rings. The first kappa shape index (κ1) is 19.4. The minimum absolute atomic E-state index is 0.0577. The summed E-state index contributed by atoms with van der Waals surface area (Å²) in [5.74, 6) is 3.82. The van der Waals surface area contributed by atoms with Gasteiger partial charge < -0.3 is 10.2 Å². The molecular weight excluding hydrogens is 334 g/mol. The van der Waals surface area contributed by atoms with Gasteiger partial charge in [0.1, 0.15) is 0 Å². The third kappa shape index (κ3) is 2.57. The molecule has 27 heavy (non-hydrogen) atoms. The highest BCUT2D eigenvalue weighted by molar-refractivity contribution is 5.32. The summed E-state index contributed by atoms with van der Waals surface area (Å²) in [4.78, 5) is 4.74. The molecule has 3 fully saturated rings. The average molecular weight is 372 g/mol. The van der Waals surface area contributed by atoms with Crippen LogP contribution in [-0.4, -0.2) is 28.4 Å². The number of hydrogen-bond acceptors (Lipinski definition) is 3. The van der Waals surface area contributed by atoms with Crippen molar-refractivity contribution >= 4 is 0 Å². The third-order valence-electron chi connectivity index (χ3n) is 9.68. The average Bonchev–Trinajstić information content (AvgIpc) is 3.00. The predicted molar refractivity (Wildman–Crippen MR) is 108 cm³/mol. The molecule has 150 valence electrons. The number of fused-ring (bicyclic) bond motifs is 6. The van der Waals surface area contributed by atoms with Crippen molar-refractivity contribution in [1.82, 2.24) is 4.98 Å². The van der Waals surface area contributed by atoms with E-state index in [0.717, 1.165) is 37.2 Å². The molecular formula is C24H37NO2. The highest BCUT2D eigenvalue weighted by atomic mass is 16.3. The van der Waals surface area contributed by atoms with E-state index < -0.39 is 0 Å². The first-order chi connectivity index (χ1) is 13.0. The molecule has 0 radical (unpaired) electrons. The van der Waals surface area contributed by atoms with Crippen molar-refractivity contribution in [3.8, 4) is 0 Å². The van der Waals surface area contributed by atoms with Gasteiger partial charge in [0.05, 0.1) is 6.10 Å². The molecule has 0 amide bonds. The summed E-state index contributed by atoms with van der Waals surface area (Å²) in [6, 6.07) is 4.47. The zero-order valence-corrected chi connectivity index (χ0v) is 17.5. The van der Waals surface area contributed by atoms with Gasteiger partial charge in [-0.3, -0.25) is 4.98 Å². The minimum atomic E-state index is -0.0577. The fraction of sp³-hybridized carbons (Fsp3) is 0.792. The van der Waals surface area contributed by atoms with E-state index in [2.05, 4.69) is 32.9 Å². The second kappa shape index (κ2) is 6.84. The van der Waals surface area contributed by atoms with Crippen LogP contribution in [0.1, 0.15) is 76.5 Å². The van der Waals surface area contributed by atoms with Crippen LogP contribution < -0.4 is 0 Å². The standard InChI is InChI=1S/C23H33NO.CH4O/c1-14-16-5-4-12-24-20(16)13-15-6-7-17-18-8-9-21(25)22(18,2)11-10-19(17)23(14,15)3;1-2/h4-5,12,14-15,17-19,21,25H,6-11,13H2,1-3H3;2H,1H3/t14-,15-,17-,18-,19-,21-,22-,23-;/m1./s1. The van der Waals surface area contributed by atoms with Crippen molar-refractivity contribution in [1.29, 1.82) is 0 Å². The first-order valence-corrected chi connectivity index (χ1v) is 11.0. The largest absolute Gasteiger partial charge is 0.400 e. The molecule has 3 nitrogen and oxygen atoms in total. The molecule has 8 atom stereocenters. The Balaban J connectivity index is 0.000000872. The van der Waals surface area contributed by atoms with E-state index in [-0.39, 0.29) is 11.5 Å². The summed E-state index contributed by atoms with van der Waals surface area (Å²) in [6.07, 6.45) is 10.7. The van der Waals surface area contributed by atoms with Crippen molar-refractivity contribution in [2.75, 3.05) is 7.11 Å². The van der Waals surface area contributed by atoms with Crippen LogP contribution in [0.15, 0.2) is 18.3 Å². The Morgan fingerprint density at radius 1 is 1.04 bits per heavy atom. The van der Waals surface area contributed by atoms with E-state index in [1.165, 1.54) is 49.8 Å². The van der Waals surface area contributed by atoms with Gasteiger partial charge in [-0.05, 0) is 97.0 Å². The van der Waals surface area contributed by atoms with Crippen LogP contribution in [-0.2, 0) is 6.42 Å². The number of aliphatic hydroxyl groups excluding tert-OH is 2. The van der Waals surface area contributed by atoms with Crippen LogP contribution in [0.25, 0.3) is 0 Å². The van der Waals surface area contributed by atoms with Crippen LogP contribution in [0.4, 0.5) is 0 Å². The molecule has 3 saturated carbocycles. The van der Waals surface area contributed by atoms with E-state index >= 15 is 0 Å². The summed E-state index contributed by atoms with van der Waals surface area (Å²) in [6.45, 7) is 7.49. The lowest BCUT2D eigenvalue weighted by Gasteiger charge is -2.62. The third-order valence-corrected chi connectivity index (χ3v) is 9.68. The normalized spacial score (nSPS) is 47.6. The lowest BCUT2D eigenvalue weighted by Crippen LogP contribution is -2.55. The molecule has 0 aliphatic heterocycles. The van der Waals surface area contributed by atoms with E-state index in [9.17, 15) is 5.11 Å². The Kier molecular flexibility index (Phi) is 4.91. The fourth-order valence-corrected chi connectivity index (χ4v) is 8.02. The van der Waals surface area contributed by atoms with Crippen LogP contribution in [0.3, 0.4) is 0 Å². The van der Waals surface area contributed by atoms with E-state index in [1.54, 1.807) is 0 Å². The number of rotatable bonds is 0. The molecule has 4 aliphatic carbocycles. The van der Waals surface area contributed by atoms with Gasteiger partial charge in [-0.15, -0.1) is 0 Å². The second-order valence-corrected chi connectivity index (χ2v) is 10.1. The van der Waals surface area contributed by atoms with Crippen LogP contribution >= 0.6 is 0 Å². The molecule has 2 N–H and O–H groups in total. The maximum Gasteiger partial charge on any atom is 0.0596 e. The molecule has 1 heterocycles. The first-order valence-electron chi connectivity index (χ1n) is 11.0. The molecule has 0 saturated heterocycles. The highest BCUT2D eigenvalue weighted by Gasteiger charge is 2.61. The van der Waals surface area contributed by atoms with Crippen LogP contribution in [0.5, 0.6) is 0 Å². The van der Waals surface area contributed by atoms with E-state index in [0.29, 0.717) is 11.3 Å². The topological polar surface area (TPSA) is 53.4 Å². The summed E-state index contributed by atoms with van der Waals surface area (Å²) >= 11 is 0. The Morgan fingerprint density at radius 2 is 1.81 bits per heavy atom. The van der Waals surface area contributed by atoms with Gasteiger partial charge in [0.15, 0.2) is 0 Å². The van der Waals surface area contributed by atoms with E-state index in [4.69, 9.17) is 10.1 Å². The van der Waals surface area contributed by atoms with Gasteiger partial charge in [-0.2, -0.15) is 0 Å². The quantitative estimate of drug-likeness (QED) is 0.702. The van der Waals surface area contributed by atoms with E-state index in [1.807, 2.05) is 6.20 Å². The van der Waals surface area contributed by atoms with Gasteiger partial charge in [-0.25, -0.2) is 0 Å². The Labute approximate surface area is 164 Å². The maximum atomic E-state index is 10.6. The molecule has 3 heteroatoms. The molecule has 0 spiro atoms. The van der Waals surface area contributed by atoms with Gasteiger partial charge in [0.25, 0.3) is 0 Å². The number of aromatic nitrogens is 1. The number of aliphatic hydroxyl groups is 2. The lowest BCUT2D eigenvalue weighted by atomic mass is 9.43. The lowest BCUT2D eigenvalue weighted by molar-refractivity contribution is -0.120. The zero-order chi connectivity index (χ0) is 19.4. The molecule has 0 unspecified atom stereocenters. The molecule has 0 aromatic carbocycles. The van der Waals surface area contributed by atoms with Crippen molar-refractivity contribution in [2.45, 2.75) is 77.7 Å². The van der Waals surface area contributed by atoms with Crippen LogP contribution in [0.2, 0.25) is 0 Å². The SMILES string of the molecule is CO.C[C@@H]1c2cccnc2C[C@H]2CC[C@@H]3[C@H]4CC[C@@H](O)[C@]4(C)CC[C@H]3[C@@]21C. The van der Waals surface area contributed by atoms with Crippen LogP contribution in [0, 0.1) is 34.5 Å². The minimum Gasteiger partial charge on any atom is -0.400 e. The molecule has 0 bridgehead atoms. The monoisotopic (exact) mass is 371 g/mol. The number of hydrogen-bond donors (Lipinski definition) is 2. The van der Waals surface area contributed by atoms with Gasteiger partial charge >= 0.3 is 0 Å². The molecule has 5 rings (SSSR count). The van der Waals surface area contributed by atoms with Crippen molar-refractivity contribution < 1.29 is 10.2 Å². The smallest absolute Gasteiger partial charge is 0.0596 e.